The standard InChI is InChI=1S/C29H32N4O4SSi.C24H19N3O3S.C6H15ClOSi/c1-34-24-11-8-12-25-26(24)30-29(38-25)33(20-35-17-18-39(2,3)4)28-32-31-27(37-28)22-13-15-23(16-14-22)36-19-21-9-6-5-7-10-21;1-28-19-8-5-9-20-23(19)25-22(31-20)14-21-26-27-24(30-21)17-10-12-18(13-11-17)29-15-16-6-3-2-4-7-16;1-9(2,3)5-4-8-6-7/h5-16H,17-20H2,1-4H3;2-13H,14-15H2,1H3;4-6H2,1-3H3. The van der Waals surface area contributed by atoms with E-state index < -0.39 is 16.1 Å². The van der Waals surface area contributed by atoms with Crippen molar-refractivity contribution in [3.63, 3.8) is 0 Å². The molecule has 79 heavy (non-hydrogen) atoms. The maximum atomic E-state index is 6.13. The van der Waals surface area contributed by atoms with Crippen LogP contribution in [0.5, 0.6) is 23.0 Å². The zero-order valence-electron chi connectivity index (χ0n) is 45.8. The van der Waals surface area contributed by atoms with E-state index in [1.165, 1.54) is 17.4 Å². The van der Waals surface area contributed by atoms with Gasteiger partial charge in [-0.25, -0.2) is 14.9 Å². The number of halogens is 1. The Balaban J connectivity index is 0.000000183. The van der Waals surface area contributed by atoms with Crippen LogP contribution in [0.4, 0.5) is 11.1 Å². The molecular formula is C59H66ClN7O8S2Si2. The number of ether oxygens (including phenoxy) is 6. The first-order valence-corrected chi connectivity index (χ1v) is 35.4. The van der Waals surface area contributed by atoms with E-state index >= 15 is 0 Å². The lowest BCUT2D eigenvalue weighted by molar-refractivity contribution is 0.150. The van der Waals surface area contributed by atoms with Crippen LogP contribution in [0.3, 0.4) is 0 Å². The number of aromatic nitrogens is 6. The Hall–Kier alpha value is -6.98. The van der Waals surface area contributed by atoms with Gasteiger partial charge >= 0.3 is 6.01 Å². The largest absolute Gasteiger partial charge is 0.494 e. The lowest BCUT2D eigenvalue weighted by Crippen LogP contribution is -2.25. The van der Waals surface area contributed by atoms with Gasteiger partial charge in [0.05, 0.1) is 30.0 Å². The first kappa shape index (κ1) is 58.2. The first-order valence-electron chi connectivity index (χ1n) is 25.8. The van der Waals surface area contributed by atoms with Gasteiger partial charge in [-0.15, -0.1) is 26.6 Å². The van der Waals surface area contributed by atoms with Crippen molar-refractivity contribution in [2.24, 2.45) is 0 Å². The van der Waals surface area contributed by atoms with Gasteiger partial charge in [0.25, 0.3) is 0 Å². The number of rotatable bonds is 23. The molecular weight excluding hydrogens is 1090 g/mol. The Morgan fingerprint density at radius 1 is 0.532 bits per heavy atom. The fraction of sp³-hybridized carbons (Fsp3) is 0.288. The average molecular weight is 1160 g/mol. The molecule has 0 unspecified atom stereocenters. The normalized spacial score (nSPS) is 11.4. The fourth-order valence-electron chi connectivity index (χ4n) is 7.44. The van der Waals surface area contributed by atoms with E-state index in [2.05, 4.69) is 64.7 Å². The van der Waals surface area contributed by atoms with E-state index in [0.29, 0.717) is 61.1 Å². The first-order chi connectivity index (χ1) is 38.2. The number of para-hydroxylation sites is 2. The highest BCUT2D eigenvalue weighted by Gasteiger charge is 2.23. The van der Waals surface area contributed by atoms with Gasteiger partial charge in [-0.1, -0.05) is 140 Å². The smallest absolute Gasteiger partial charge is 0.326 e. The lowest BCUT2D eigenvalue weighted by Gasteiger charge is -2.19. The summed E-state index contributed by atoms with van der Waals surface area (Å²) < 4.78 is 47.8. The maximum absolute atomic E-state index is 6.13. The quantitative estimate of drug-likeness (QED) is 0.0257. The van der Waals surface area contributed by atoms with E-state index in [-0.39, 0.29) is 6.73 Å². The topological polar surface area (TPSA) is 162 Å². The van der Waals surface area contributed by atoms with Gasteiger partial charge in [0.1, 0.15) is 65.0 Å². The van der Waals surface area contributed by atoms with E-state index in [1.54, 1.807) is 25.6 Å². The lowest BCUT2D eigenvalue weighted by atomic mass is 10.2. The number of hydrogen-bond donors (Lipinski definition) is 0. The molecule has 6 aromatic carbocycles. The van der Waals surface area contributed by atoms with Crippen LogP contribution in [-0.4, -0.2) is 86.7 Å². The molecule has 412 valence electrons. The van der Waals surface area contributed by atoms with Crippen LogP contribution >= 0.6 is 34.3 Å². The molecule has 0 N–H and O–H groups in total. The number of methoxy groups -OCH3 is 2. The van der Waals surface area contributed by atoms with Gasteiger partial charge in [0, 0.05) is 40.5 Å². The van der Waals surface area contributed by atoms with Gasteiger partial charge in [0.15, 0.2) is 5.13 Å². The third kappa shape index (κ3) is 17.5. The van der Waals surface area contributed by atoms with Crippen molar-refractivity contribution in [1.82, 2.24) is 30.4 Å². The highest BCUT2D eigenvalue weighted by molar-refractivity contribution is 7.22. The summed E-state index contributed by atoms with van der Waals surface area (Å²) in [6.45, 7) is 16.7. The van der Waals surface area contributed by atoms with Crippen LogP contribution in [0.25, 0.3) is 43.3 Å². The van der Waals surface area contributed by atoms with Crippen LogP contribution in [0.15, 0.2) is 154 Å². The second-order valence-electron chi connectivity index (χ2n) is 20.5. The number of nitrogens with zero attached hydrogens (tertiary/aromatic N) is 7. The van der Waals surface area contributed by atoms with Crippen molar-refractivity contribution < 1.29 is 37.3 Å². The molecule has 0 fully saturated rings. The predicted octanol–water partition coefficient (Wildman–Crippen LogP) is 15.4. The maximum Gasteiger partial charge on any atom is 0.326 e. The number of hydrogen-bond acceptors (Lipinski definition) is 17. The van der Waals surface area contributed by atoms with Crippen LogP contribution in [0.1, 0.15) is 22.0 Å². The van der Waals surface area contributed by atoms with Crippen molar-refractivity contribution in [2.75, 3.05) is 45.1 Å². The highest BCUT2D eigenvalue weighted by Crippen LogP contribution is 2.38. The molecule has 0 atom stereocenters. The predicted molar refractivity (Wildman–Crippen MR) is 322 cm³/mol. The Morgan fingerprint density at radius 2 is 1.04 bits per heavy atom. The van der Waals surface area contributed by atoms with Gasteiger partial charge in [-0.3, -0.25) is 0 Å². The number of thiazole rings is 2. The summed E-state index contributed by atoms with van der Waals surface area (Å²) in [7, 11) is 1.19. The van der Waals surface area contributed by atoms with E-state index in [9.17, 15) is 0 Å². The Labute approximate surface area is 476 Å². The summed E-state index contributed by atoms with van der Waals surface area (Å²) in [6.07, 6.45) is 0.480. The van der Waals surface area contributed by atoms with Crippen molar-refractivity contribution in [3.05, 3.63) is 168 Å². The van der Waals surface area contributed by atoms with Crippen molar-refractivity contribution >= 4 is 82.0 Å². The van der Waals surface area contributed by atoms with Gasteiger partial charge in [0.2, 0.25) is 17.7 Å². The summed E-state index contributed by atoms with van der Waals surface area (Å²) in [5, 5.41) is 18.6. The molecule has 0 bridgehead atoms. The van der Waals surface area contributed by atoms with Crippen LogP contribution in [-0.2, 0) is 29.1 Å². The fourth-order valence-corrected chi connectivity index (χ4v) is 11.0. The minimum absolute atomic E-state index is 0.251. The highest BCUT2D eigenvalue weighted by atomic mass is 35.5. The SMILES string of the molecule is COc1cccc2sc(Cc3nnc(-c4ccc(OCc5ccccc5)cc4)o3)nc12.COc1cccc2sc(N(COCC[Si](C)(C)C)c3nnc(-c4ccc(OCc5ccccc5)cc4)o3)nc12.C[Si](C)(C)CCOCCl. The third-order valence-electron chi connectivity index (χ3n) is 11.9. The molecule has 15 nitrogen and oxygen atoms in total. The molecule has 0 radical (unpaired) electrons. The van der Waals surface area contributed by atoms with Gasteiger partial charge in [-0.2, -0.15) is 0 Å². The molecule has 20 heteroatoms. The molecule has 10 rings (SSSR count). The Morgan fingerprint density at radius 3 is 1.57 bits per heavy atom. The van der Waals surface area contributed by atoms with E-state index in [4.69, 9.17) is 53.8 Å². The summed E-state index contributed by atoms with van der Waals surface area (Å²) in [5.74, 6) is 4.45. The number of benzene rings is 6. The van der Waals surface area contributed by atoms with Crippen molar-refractivity contribution in [1.29, 1.82) is 0 Å². The summed E-state index contributed by atoms with van der Waals surface area (Å²) >= 11 is 8.44. The molecule has 0 aliphatic heterocycles. The van der Waals surface area contributed by atoms with Crippen LogP contribution < -0.4 is 23.8 Å². The molecule has 0 aliphatic rings. The second kappa shape index (κ2) is 28.3. The van der Waals surface area contributed by atoms with Crippen LogP contribution in [0, 0.1) is 0 Å². The molecule has 4 heterocycles. The number of alkyl halides is 1. The molecule has 0 saturated carbocycles. The minimum Gasteiger partial charge on any atom is -0.494 e. The zero-order valence-corrected chi connectivity index (χ0v) is 50.2. The third-order valence-corrected chi connectivity index (χ3v) is 17.5. The van der Waals surface area contributed by atoms with Crippen molar-refractivity contribution in [2.45, 2.75) is 71.0 Å². The van der Waals surface area contributed by atoms with E-state index in [1.807, 2.05) is 150 Å². The summed E-state index contributed by atoms with van der Waals surface area (Å²) in [5.41, 5.74) is 5.53. The molecule has 0 saturated heterocycles. The number of fused-ring (bicyclic) bond motifs is 2. The van der Waals surface area contributed by atoms with Gasteiger partial charge < -0.3 is 37.3 Å². The summed E-state index contributed by atoms with van der Waals surface area (Å²) in [4.78, 5) is 11.3. The molecule has 0 amide bonds. The molecule has 10 aromatic rings. The van der Waals surface area contributed by atoms with Crippen LogP contribution in [0.2, 0.25) is 51.4 Å². The Bertz CT molecular complexity index is 3430. The molecule has 0 spiro atoms. The molecule has 4 aromatic heterocycles. The monoisotopic (exact) mass is 1160 g/mol. The van der Waals surface area contributed by atoms with Gasteiger partial charge in [-0.05, 0) is 96.0 Å². The number of anilines is 2. The average Bonchev–Trinajstić information content (AvgIpc) is 4.44. The second-order valence-corrected chi connectivity index (χ2v) is 34.1. The summed E-state index contributed by atoms with van der Waals surface area (Å²) in [6, 6.07) is 50.1. The zero-order chi connectivity index (χ0) is 55.6. The van der Waals surface area contributed by atoms with Crippen molar-refractivity contribution in [3.8, 4) is 45.9 Å². The molecule has 0 aliphatic carbocycles. The Kier molecular flexibility index (Phi) is 20.8. The minimum atomic E-state index is -1.23. The van der Waals surface area contributed by atoms with E-state index in [0.717, 1.165) is 83.3 Å².